The number of benzene rings is 2. The molecule has 0 unspecified atom stereocenters. The van der Waals surface area contributed by atoms with Gasteiger partial charge in [-0.3, -0.25) is 4.57 Å². The Balaban J connectivity index is 2.33. The third kappa shape index (κ3) is 1.85. The highest BCUT2D eigenvalue weighted by Gasteiger charge is 2.09. The summed E-state index contributed by atoms with van der Waals surface area (Å²) in [6.45, 7) is 0. The van der Waals surface area contributed by atoms with E-state index in [4.69, 9.17) is 11.6 Å². The number of hydrogen-bond acceptors (Lipinski definition) is 1. The monoisotopic (exact) mass is 306 g/mol. The van der Waals surface area contributed by atoms with Gasteiger partial charge in [-0.25, -0.2) is 4.98 Å². The molecule has 0 fully saturated rings. The van der Waals surface area contributed by atoms with Gasteiger partial charge in [0.25, 0.3) is 0 Å². The third-order valence-electron chi connectivity index (χ3n) is 2.59. The molecule has 0 aliphatic rings. The molecule has 0 saturated heterocycles. The molecule has 0 bridgehead atoms. The Morgan fingerprint density at radius 1 is 1.06 bits per heavy atom. The van der Waals surface area contributed by atoms with Gasteiger partial charge in [-0.1, -0.05) is 29.8 Å². The van der Waals surface area contributed by atoms with Crippen LogP contribution >= 0.6 is 27.5 Å². The fourth-order valence-electron chi connectivity index (χ4n) is 1.86. The average Bonchev–Trinajstić information content (AvgIpc) is 2.64. The third-order valence-corrected chi connectivity index (χ3v) is 3.35. The number of halogens is 2. The Kier molecular flexibility index (Phi) is 2.65. The molecule has 0 aliphatic carbocycles. The van der Waals surface area contributed by atoms with Crippen LogP contribution in [0.2, 0.25) is 5.02 Å². The summed E-state index contributed by atoms with van der Waals surface area (Å²) in [5.74, 6) is 0. The van der Waals surface area contributed by atoms with E-state index < -0.39 is 0 Å². The van der Waals surface area contributed by atoms with Crippen LogP contribution in [0.5, 0.6) is 0 Å². The van der Waals surface area contributed by atoms with Gasteiger partial charge in [0.05, 0.1) is 11.0 Å². The molecular weight excluding hydrogens is 300 g/mol. The Bertz CT molecular complexity index is 691. The first-order valence-corrected chi connectivity index (χ1v) is 6.32. The lowest BCUT2D eigenvalue weighted by Crippen LogP contribution is -1.93. The maximum Gasteiger partial charge on any atom is 0.182 e. The van der Waals surface area contributed by atoms with Crippen LogP contribution in [-0.4, -0.2) is 9.55 Å². The highest BCUT2D eigenvalue weighted by Crippen LogP contribution is 2.25. The van der Waals surface area contributed by atoms with Crippen LogP contribution < -0.4 is 0 Å². The summed E-state index contributed by atoms with van der Waals surface area (Å²) < 4.78 is 2.81. The fraction of sp³-hybridized carbons (Fsp3) is 0. The molecule has 0 amide bonds. The van der Waals surface area contributed by atoms with Crippen molar-refractivity contribution in [3.05, 3.63) is 58.3 Å². The van der Waals surface area contributed by atoms with E-state index in [0.29, 0.717) is 5.02 Å². The van der Waals surface area contributed by atoms with Crippen LogP contribution in [0.3, 0.4) is 0 Å². The van der Waals surface area contributed by atoms with Crippen molar-refractivity contribution in [2.24, 2.45) is 0 Å². The first-order chi connectivity index (χ1) is 8.25. The Hall–Kier alpha value is -1.32. The quantitative estimate of drug-likeness (QED) is 0.650. The van der Waals surface area contributed by atoms with Crippen molar-refractivity contribution in [1.29, 1.82) is 0 Å². The van der Waals surface area contributed by atoms with Gasteiger partial charge in [0.15, 0.2) is 4.73 Å². The average molecular weight is 308 g/mol. The summed E-state index contributed by atoms with van der Waals surface area (Å²) in [4.78, 5) is 4.46. The van der Waals surface area contributed by atoms with Crippen molar-refractivity contribution >= 4 is 38.6 Å². The molecule has 3 aromatic rings. The molecule has 2 aromatic carbocycles. The summed E-state index contributed by atoms with van der Waals surface area (Å²) >= 11 is 9.50. The van der Waals surface area contributed by atoms with E-state index in [9.17, 15) is 0 Å². The highest BCUT2D eigenvalue weighted by atomic mass is 79.9. The van der Waals surface area contributed by atoms with E-state index in [2.05, 4.69) is 20.9 Å². The van der Waals surface area contributed by atoms with Gasteiger partial charge in [-0.15, -0.1) is 0 Å². The standard InChI is InChI=1S/C13H8BrClN2/c14-13-16-11-6-1-2-7-12(11)17(13)10-5-3-4-9(15)8-10/h1-8H. The number of hydrogen-bond donors (Lipinski definition) is 0. The molecule has 84 valence electrons. The highest BCUT2D eigenvalue weighted by molar-refractivity contribution is 9.10. The number of para-hydroxylation sites is 2. The Labute approximate surface area is 112 Å². The maximum atomic E-state index is 6.02. The van der Waals surface area contributed by atoms with Crippen LogP contribution in [-0.2, 0) is 0 Å². The molecule has 2 nitrogen and oxygen atoms in total. The molecule has 17 heavy (non-hydrogen) atoms. The van der Waals surface area contributed by atoms with Crippen molar-refractivity contribution in [3.63, 3.8) is 0 Å². The second-order valence-corrected chi connectivity index (χ2v) is 4.83. The summed E-state index contributed by atoms with van der Waals surface area (Å²) in [6, 6.07) is 15.7. The van der Waals surface area contributed by atoms with Crippen molar-refractivity contribution in [2.45, 2.75) is 0 Å². The number of nitrogens with zero attached hydrogens (tertiary/aromatic N) is 2. The molecule has 0 aliphatic heterocycles. The SMILES string of the molecule is Clc1cccc(-n2c(Br)nc3ccccc32)c1. The minimum absolute atomic E-state index is 0.715. The maximum absolute atomic E-state index is 6.02. The van der Waals surface area contributed by atoms with Gasteiger partial charge < -0.3 is 0 Å². The first-order valence-electron chi connectivity index (χ1n) is 5.14. The zero-order chi connectivity index (χ0) is 11.8. The van der Waals surface area contributed by atoms with Gasteiger partial charge in [0.2, 0.25) is 0 Å². The largest absolute Gasteiger partial charge is 0.287 e. The van der Waals surface area contributed by atoms with Crippen molar-refractivity contribution < 1.29 is 0 Å². The zero-order valence-corrected chi connectivity index (χ0v) is 11.1. The summed E-state index contributed by atoms with van der Waals surface area (Å²) in [6.07, 6.45) is 0. The molecule has 1 heterocycles. The lowest BCUT2D eigenvalue weighted by atomic mass is 10.3. The molecular formula is C13H8BrClN2. The number of aromatic nitrogens is 2. The van der Waals surface area contributed by atoms with E-state index in [-0.39, 0.29) is 0 Å². The van der Waals surface area contributed by atoms with E-state index in [0.717, 1.165) is 21.5 Å². The molecule has 0 radical (unpaired) electrons. The van der Waals surface area contributed by atoms with Crippen molar-refractivity contribution in [2.75, 3.05) is 0 Å². The van der Waals surface area contributed by atoms with Crippen LogP contribution in [0.25, 0.3) is 16.7 Å². The molecule has 3 rings (SSSR count). The molecule has 0 spiro atoms. The van der Waals surface area contributed by atoms with Gasteiger partial charge in [0, 0.05) is 10.7 Å². The number of rotatable bonds is 1. The second kappa shape index (κ2) is 4.17. The van der Waals surface area contributed by atoms with Crippen molar-refractivity contribution in [3.8, 4) is 5.69 Å². The normalized spacial score (nSPS) is 10.9. The van der Waals surface area contributed by atoms with E-state index >= 15 is 0 Å². The van der Waals surface area contributed by atoms with Gasteiger partial charge in [0.1, 0.15) is 0 Å². The number of imidazole rings is 1. The van der Waals surface area contributed by atoms with Crippen LogP contribution in [0.15, 0.2) is 53.3 Å². The zero-order valence-electron chi connectivity index (χ0n) is 8.77. The first kappa shape index (κ1) is 10.8. The topological polar surface area (TPSA) is 17.8 Å². The molecule has 4 heteroatoms. The molecule has 0 N–H and O–H groups in total. The Morgan fingerprint density at radius 2 is 1.88 bits per heavy atom. The van der Waals surface area contributed by atoms with Gasteiger partial charge in [-0.2, -0.15) is 0 Å². The smallest absolute Gasteiger partial charge is 0.182 e. The predicted octanol–water partition coefficient (Wildman–Crippen LogP) is 4.44. The predicted molar refractivity (Wildman–Crippen MR) is 73.8 cm³/mol. The van der Waals surface area contributed by atoms with Gasteiger partial charge >= 0.3 is 0 Å². The minimum Gasteiger partial charge on any atom is -0.287 e. The second-order valence-electron chi connectivity index (χ2n) is 3.68. The summed E-state index contributed by atoms with van der Waals surface area (Å²) in [5.41, 5.74) is 3.01. The number of fused-ring (bicyclic) bond motifs is 1. The molecule has 0 atom stereocenters. The summed E-state index contributed by atoms with van der Waals surface area (Å²) in [5, 5.41) is 0.715. The van der Waals surface area contributed by atoms with E-state index in [1.165, 1.54) is 0 Å². The van der Waals surface area contributed by atoms with Crippen molar-refractivity contribution in [1.82, 2.24) is 9.55 Å². The lowest BCUT2D eigenvalue weighted by Gasteiger charge is -2.05. The van der Waals surface area contributed by atoms with Crippen LogP contribution in [0, 0.1) is 0 Å². The summed E-state index contributed by atoms with van der Waals surface area (Å²) in [7, 11) is 0. The van der Waals surface area contributed by atoms with Gasteiger partial charge in [-0.05, 0) is 46.3 Å². The lowest BCUT2D eigenvalue weighted by molar-refractivity contribution is 1.05. The van der Waals surface area contributed by atoms with E-state index in [1.54, 1.807) is 0 Å². The van der Waals surface area contributed by atoms with E-state index in [1.807, 2.05) is 53.1 Å². The minimum atomic E-state index is 0.715. The van der Waals surface area contributed by atoms with Crippen LogP contribution in [0.1, 0.15) is 0 Å². The fourth-order valence-corrected chi connectivity index (χ4v) is 2.63. The molecule has 1 aromatic heterocycles. The van der Waals surface area contributed by atoms with Crippen LogP contribution in [0.4, 0.5) is 0 Å². The molecule has 0 saturated carbocycles. The Morgan fingerprint density at radius 3 is 2.71 bits per heavy atom.